The van der Waals surface area contributed by atoms with Crippen LogP contribution in [0.15, 0.2) is 30.7 Å². The summed E-state index contributed by atoms with van der Waals surface area (Å²) < 4.78 is 4.95. The van der Waals surface area contributed by atoms with E-state index < -0.39 is 5.97 Å². The summed E-state index contributed by atoms with van der Waals surface area (Å²) in [6, 6.07) is 3.75. The second-order valence-electron chi connectivity index (χ2n) is 4.76. The molecule has 7 heteroatoms. The van der Waals surface area contributed by atoms with E-state index in [4.69, 9.17) is 21.7 Å². The van der Waals surface area contributed by atoms with E-state index in [1.54, 1.807) is 26.2 Å². The molecule has 2 rings (SSSR count). The second-order valence-corrected chi connectivity index (χ2v) is 5.14. The molecular formula is C16H17ClN4O2. The highest BCUT2D eigenvalue weighted by Gasteiger charge is 2.20. The molecule has 0 aliphatic carbocycles. The highest BCUT2D eigenvalue weighted by molar-refractivity contribution is 6.37. The van der Waals surface area contributed by atoms with Crippen LogP contribution in [-0.4, -0.2) is 28.3 Å². The molecule has 23 heavy (non-hydrogen) atoms. The van der Waals surface area contributed by atoms with Crippen molar-refractivity contribution in [3.8, 4) is 0 Å². The van der Waals surface area contributed by atoms with Gasteiger partial charge in [-0.1, -0.05) is 11.6 Å². The summed E-state index contributed by atoms with van der Waals surface area (Å²) in [5.74, 6) is -0.0967. The number of carbonyl (C=O) groups is 1. The molecule has 0 aliphatic rings. The summed E-state index contributed by atoms with van der Waals surface area (Å²) in [6.07, 6.45) is 4.76. The molecule has 0 bridgehead atoms. The minimum absolute atomic E-state index is 0.157. The molecule has 6 nitrogen and oxygen atoms in total. The SMILES string of the molecule is CCOC(=O)c1cnc(NCc2ccncc2)c(C(C)=N)c1Cl. The molecular weight excluding hydrogens is 316 g/mol. The number of ether oxygens (including phenoxy) is 1. The Balaban J connectivity index is 2.31. The Hall–Kier alpha value is -2.47. The van der Waals surface area contributed by atoms with Gasteiger partial charge in [-0.2, -0.15) is 0 Å². The predicted molar refractivity (Wildman–Crippen MR) is 89.3 cm³/mol. The van der Waals surface area contributed by atoms with Gasteiger partial charge in [-0.25, -0.2) is 9.78 Å². The van der Waals surface area contributed by atoms with Gasteiger partial charge in [0.25, 0.3) is 0 Å². The molecule has 0 saturated heterocycles. The number of nitrogens with zero attached hydrogens (tertiary/aromatic N) is 2. The Bertz CT molecular complexity index is 720. The van der Waals surface area contributed by atoms with E-state index >= 15 is 0 Å². The van der Waals surface area contributed by atoms with Gasteiger partial charge in [0, 0.05) is 30.8 Å². The molecule has 0 aliphatic heterocycles. The number of anilines is 1. The first kappa shape index (κ1) is 16.9. The zero-order valence-electron chi connectivity index (χ0n) is 12.9. The van der Waals surface area contributed by atoms with Gasteiger partial charge in [-0.05, 0) is 31.5 Å². The van der Waals surface area contributed by atoms with Crippen LogP contribution in [0.1, 0.15) is 35.3 Å². The van der Waals surface area contributed by atoms with Gasteiger partial charge in [0.2, 0.25) is 0 Å². The fourth-order valence-electron chi connectivity index (χ4n) is 2.00. The van der Waals surface area contributed by atoms with E-state index in [0.717, 1.165) is 5.56 Å². The lowest BCUT2D eigenvalue weighted by Crippen LogP contribution is -2.13. The molecule has 120 valence electrons. The van der Waals surface area contributed by atoms with Gasteiger partial charge in [0.15, 0.2) is 0 Å². The molecule has 0 saturated carbocycles. The maximum atomic E-state index is 11.9. The smallest absolute Gasteiger partial charge is 0.341 e. The fraction of sp³-hybridized carbons (Fsp3) is 0.250. The molecule has 2 aromatic rings. The van der Waals surface area contributed by atoms with Crippen molar-refractivity contribution >= 4 is 29.1 Å². The first-order chi connectivity index (χ1) is 11.0. The zero-order chi connectivity index (χ0) is 16.8. The molecule has 0 atom stereocenters. The number of hydrogen-bond donors (Lipinski definition) is 2. The van der Waals surface area contributed by atoms with Gasteiger partial charge in [-0.15, -0.1) is 0 Å². The van der Waals surface area contributed by atoms with E-state index in [2.05, 4.69) is 15.3 Å². The van der Waals surface area contributed by atoms with Crippen molar-refractivity contribution in [2.45, 2.75) is 20.4 Å². The average molecular weight is 333 g/mol. The summed E-state index contributed by atoms with van der Waals surface area (Å²) in [7, 11) is 0. The molecule has 0 amide bonds. The Morgan fingerprint density at radius 3 is 2.70 bits per heavy atom. The van der Waals surface area contributed by atoms with Gasteiger partial charge < -0.3 is 15.5 Å². The molecule has 0 spiro atoms. The number of esters is 1. The van der Waals surface area contributed by atoms with E-state index in [-0.39, 0.29) is 22.9 Å². The van der Waals surface area contributed by atoms with Crippen molar-refractivity contribution in [2.75, 3.05) is 11.9 Å². The van der Waals surface area contributed by atoms with Crippen LogP contribution in [0.2, 0.25) is 5.02 Å². The van der Waals surface area contributed by atoms with E-state index in [1.807, 2.05) is 12.1 Å². The predicted octanol–water partition coefficient (Wildman–Crippen LogP) is 3.31. The third-order valence-corrected chi connectivity index (χ3v) is 3.49. The topological polar surface area (TPSA) is 88.0 Å². The van der Waals surface area contributed by atoms with Gasteiger partial charge in [0.1, 0.15) is 5.82 Å². The molecule has 0 aromatic carbocycles. The molecule has 2 aromatic heterocycles. The van der Waals surface area contributed by atoms with Gasteiger partial charge >= 0.3 is 5.97 Å². The number of pyridine rings is 2. The lowest BCUT2D eigenvalue weighted by Gasteiger charge is -2.14. The van der Waals surface area contributed by atoms with Gasteiger partial charge in [-0.3, -0.25) is 4.98 Å². The second kappa shape index (κ2) is 7.69. The van der Waals surface area contributed by atoms with E-state index in [9.17, 15) is 4.79 Å². The van der Waals surface area contributed by atoms with Crippen LogP contribution in [0, 0.1) is 5.41 Å². The Kier molecular flexibility index (Phi) is 5.65. The van der Waals surface area contributed by atoms with Crippen LogP contribution < -0.4 is 5.32 Å². The molecule has 2 heterocycles. The maximum Gasteiger partial charge on any atom is 0.341 e. The van der Waals surface area contributed by atoms with Crippen molar-refractivity contribution in [2.24, 2.45) is 0 Å². The number of carbonyl (C=O) groups excluding carboxylic acids is 1. The lowest BCUT2D eigenvalue weighted by molar-refractivity contribution is 0.0526. The fourth-order valence-corrected chi connectivity index (χ4v) is 2.36. The van der Waals surface area contributed by atoms with Crippen molar-refractivity contribution in [3.63, 3.8) is 0 Å². The van der Waals surface area contributed by atoms with E-state index in [1.165, 1.54) is 6.20 Å². The standard InChI is InChI=1S/C16H17ClN4O2/c1-3-23-16(22)12-9-21-15(13(10(2)18)14(12)17)20-8-11-4-6-19-7-5-11/h4-7,9,18H,3,8H2,1-2H3,(H,20,21). The highest BCUT2D eigenvalue weighted by Crippen LogP contribution is 2.27. The summed E-state index contributed by atoms with van der Waals surface area (Å²) in [4.78, 5) is 20.1. The van der Waals surface area contributed by atoms with E-state index in [0.29, 0.717) is 17.9 Å². The summed E-state index contributed by atoms with van der Waals surface area (Å²) in [6.45, 7) is 4.06. The number of rotatable bonds is 6. The number of hydrogen-bond acceptors (Lipinski definition) is 6. The monoisotopic (exact) mass is 332 g/mol. The Morgan fingerprint density at radius 1 is 1.39 bits per heavy atom. The third-order valence-electron chi connectivity index (χ3n) is 3.10. The summed E-state index contributed by atoms with van der Waals surface area (Å²) in [5, 5.41) is 11.2. The first-order valence-corrected chi connectivity index (χ1v) is 7.46. The number of halogens is 1. The molecule has 0 radical (unpaired) electrons. The van der Waals surface area contributed by atoms with Gasteiger partial charge in [0.05, 0.1) is 22.8 Å². The van der Waals surface area contributed by atoms with Crippen molar-refractivity contribution < 1.29 is 9.53 Å². The number of nitrogens with one attached hydrogen (secondary N) is 2. The maximum absolute atomic E-state index is 11.9. The van der Waals surface area contributed by atoms with Crippen molar-refractivity contribution in [1.29, 1.82) is 5.41 Å². The lowest BCUT2D eigenvalue weighted by atomic mass is 10.1. The minimum Gasteiger partial charge on any atom is -0.462 e. The molecule has 0 fully saturated rings. The third kappa shape index (κ3) is 4.04. The average Bonchev–Trinajstić information content (AvgIpc) is 2.53. The van der Waals surface area contributed by atoms with Crippen LogP contribution in [-0.2, 0) is 11.3 Å². The first-order valence-electron chi connectivity index (χ1n) is 7.08. The summed E-state index contributed by atoms with van der Waals surface area (Å²) >= 11 is 6.29. The van der Waals surface area contributed by atoms with Crippen LogP contribution in [0.25, 0.3) is 0 Å². The van der Waals surface area contributed by atoms with Crippen LogP contribution in [0.5, 0.6) is 0 Å². The van der Waals surface area contributed by atoms with Crippen molar-refractivity contribution in [3.05, 3.63) is 52.4 Å². The zero-order valence-corrected chi connectivity index (χ0v) is 13.6. The normalized spacial score (nSPS) is 10.2. The largest absolute Gasteiger partial charge is 0.462 e. The van der Waals surface area contributed by atoms with Crippen LogP contribution >= 0.6 is 11.6 Å². The highest BCUT2D eigenvalue weighted by atomic mass is 35.5. The number of aromatic nitrogens is 2. The Labute approximate surface area is 139 Å². The van der Waals surface area contributed by atoms with Crippen LogP contribution in [0.3, 0.4) is 0 Å². The molecule has 2 N–H and O–H groups in total. The van der Waals surface area contributed by atoms with Crippen LogP contribution in [0.4, 0.5) is 5.82 Å². The summed E-state index contributed by atoms with van der Waals surface area (Å²) in [5.41, 5.74) is 1.78. The minimum atomic E-state index is -0.548. The quantitative estimate of drug-likeness (QED) is 0.626. The Morgan fingerprint density at radius 2 is 2.09 bits per heavy atom. The molecule has 0 unspecified atom stereocenters. The van der Waals surface area contributed by atoms with Crippen molar-refractivity contribution in [1.82, 2.24) is 9.97 Å².